The first-order valence-electron chi connectivity index (χ1n) is 7.94. The first-order valence-corrected chi connectivity index (χ1v) is 7.94. The number of anilines is 1. The number of hydrogen-bond acceptors (Lipinski definition) is 4. The van der Waals surface area contributed by atoms with Gasteiger partial charge in [-0.15, -0.1) is 0 Å². The first kappa shape index (κ1) is 16.2. The fourth-order valence-electron chi connectivity index (χ4n) is 3.22. The summed E-state index contributed by atoms with van der Waals surface area (Å²) in [5.74, 6) is -0.107. The molecule has 1 atom stereocenters. The number of carbonyl (C=O) groups excluding carboxylic acids is 1. The molecule has 0 spiro atoms. The van der Waals surface area contributed by atoms with Crippen molar-refractivity contribution in [2.45, 2.75) is 18.9 Å². The molecule has 24 heavy (non-hydrogen) atoms. The first-order chi connectivity index (χ1) is 11.5. The third-order valence-corrected chi connectivity index (χ3v) is 4.40. The Morgan fingerprint density at radius 2 is 2.08 bits per heavy atom. The lowest BCUT2D eigenvalue weighted by molar-refractivity contribution is -0.384. The highest BCUT2D eigenvalue weighted by Gasteiger charge is 2.28. The van der Waals surface area contributed by atoms with Crippen LogP contribution in [0.3, 0.4) is 0 Å². The highest BCUT2D eigenvalue weighted by atomic mass is 16.6. The Bertz CT molecular complexity index is 739. The van der Waals surface area contributed by atoms with Crippen molar-refractivity contribution in [3.05, 3.63) is 58.4 Å². The Balaban J connectivity index is 1.62. The molecule has 1 fully saturated rings. The predicted octanol–water partition coefficient (Wildman–Crippen LogP) is 2.71. The minimum absolute atomic E-state index is 0.0105. The van der Waals surface area contributed by atoms with Gasteiger partial charge in [0, 0.05) is 36.8 Å². The number of amides is 1. The highest BCUT2D eigenvalue weighted by molar-refractivity contribution is 5.92. The van der Waals surface area contributed by atoms with Gasteiger partial charge in [-0.1, -0.05) is 0 Å². The normalized spacial score (nSPS) is 17.8. The van der Waals surface area contributed by atoms with Gasteiger partial charge >= 0.3 is 0 Å². The summed E-state index contributed by atoms with van der Waals surface area (Å²) in [5.41, 5.74) is 1.80. The number of aryl methyl sites for hydroxylation is 1. The van der Waals surface area contributed by atoms with Gasteiger partial charge in [0.2, 0.25) is 5.91 Å². The van der Waals surface area contributed by atoms with Crippen molar-refractivity contribution in [1.82, 2.24) is 9.47 Å². The summed E-state index contributed by atoms with van der Waals surface area (Å²) in [5, 5.41) is 13.5. The molecule has 1 amide bonds. The maximum Gasteiger partial charge on any atom is 0.269 e. The molecule has 1 aliphatic heterocycles. The van der Waals surface area contributed by atoms with Crippen molar-refractivity contribution >= 4 is 17.3 Å². The van der Waals surface area contributed by atoms with E-state index in [0.717, 1.165) is 19.4 Å². The lowest BCUT2D eigenvalue weighted by Gasteiger charge is -2.24. The van der Waals surface area contributed by atoms with E-state index in [4.69, 9.17) is 0 Å². The monoisotopic (exact) mass is 328 g/mol. The van der Waals surface area contributed by atoms with Crippen molar-refractivity contribution in [2.24, 2.45) is 7.05 Å². The van der Waals surface area contributed by atoms with Crippen molar-refractivity contribution < 1.29 is 9.72 Å². The smallest absolute Gasteiger partial charge is 0.269 e. The summed E-state index contributed by atoms with van der Waals surface area (Å²) in [7, 11) is 2.02. The fourth-order valence-corrected chi connectivity index (χ4v) is 3.22. The van der Waals surface area contributed by atoms with E-state index in [9.17, 15) is 14.9 Å². The Morgan fingerprint density at radius 3 is 2.71 bits per heavy atom. The minimum atomic E-state index is -0.458. The molecule has 1 aromatic carbocycles. The van der Waals surface area contributed by atoms with Crippen LogP contribution in [0.15, 0.2) is 42.6 Å². The van der Waals surface area contributed by atoms with Crippen LogP contribution in [-0.2, 0) is 11.8 Å². The SMILES string of the molecule is Cn1cccc1[C@@H]1CCCN1CC(=O)Nc1ccc([N+](=O)[O-])cc1. The van der Waals surface area contributed by atoms with Crippen LogP contribution in [0.4, 0.5) is 11.4 Å². The van der Waals surface area contributed by atoms with Crippen molar-refractivity contribution in [2.75, 3.05) is 18.4 Å². The van der Waals surface area contributed by atoms with Gasteiger partial charge in [-0.2, -0.15) is 0 Å². The molecule has 0 saturated carbocycles. The molecular formula is C17H20N4O3. The number of non-ortho nitro benzene ring substituents is 1. The molecule has 2 aromatic rings. The summed E-state index contributed by atoms with van der Waals surface area (Å²) < 4.78 is 2.09. The summed E-state index contributed by atoms with van der Waals surface area (Å²) in [4.78, 5) is 24.7. The van der Waals surface area contributed by atoms with Crippen LogP contribution >= 0.6 is 0 Å². The summed E-state index contributed by atoms with van der Waals surface area (Å²) in [6.45, 7) is 1.20. The molecule has 2 heterocycles. The maximum atomic E-state index is 12.3. The maximum absolute atomic E-state index is 12.3. The van der Waals surface area contributed by atoms with Crippen molar-refractivity contribution in [1.29, 1.82) is 0 Å². The van der Waals surface area contributed by atoms with Gasteiger partial charge in [-0.05, 0) is 43.7 Å². The molecule has 1 N–H and O–H groups in total. The number of nitrogens with one attached hydrogen (secondary N) is 1. The number of nitro benzene ring substituents is 1. The predicted molar refractivity (Wildman–Crippen MR) is 90.7 cm³/mol. The molecule has 0 bridgehead atoms. The van der Waals surface area contributed by atoms with Gasteiger partial charge in [0.1, 0.15) is 0 Å². The lowest BCUT2D eigenvalue weighted by Crippen LogP contribution is -2.33. The largest absolute Gasteiger partial charge is 0.353 e. The van der Waals surface area contributed by atoms with Crippen LogP contribution < -0.4 is 5.32 Å². The van der Waals surface area contributed by atoms with E-state index < -0.39 is 4.92 Å². The molecule has 1 aliphatic rings. The molecule has 7 heteroatoms. The molecule has 0 aliphatic carbocycles. The van der Waals surface area contributed by atoms with Crippen LogP contribution in [0.25, 0.3) is 0 Å². The van der Waals surface area contributed by atoms with E-state index in [1.54, 1.807) is 12.1 Å². The van der Waals surface area contributed by atoms with Crippen LogP contribution in [0.1, 0.15) is 24.6 Å². The van der Waals surface area contributed by atoms with E-state index in [-0.39, 0.29) is 17.6 Å². The van der Waals surface area contributed by atoms with Gasteiger partial charge in [0.05, 0.1) is 17.5 Å². The van der Waals surface area contributed by atoms with E-state index in [1.165, 1.54) is 17.8 Å². The summed E-state index contributed by atoms with van der Waals surface area (Å²) in [6, 6.07) is 10.2. The number of nitrogens with zero attached hydrogens (tertiary/aromatic N) is 3. The Morgan fingerprint density at radius 1 is 1.33 bits per heavy atom. The molecule has 126 valence electrons. The van der Waals surface area contributed by atoms with E-state index >= 15 is 0 Å². The van der Waals surface area contributed by atoms with Crippen molar-refractivity contribution in [3.63, 3.8) is 0 Å². The Kier molecular flexibility index (Phi) is 4.61. The second-order valence-corrected chi connectivity index (χ2v) is 6.02. The molecule has 1 saturated heterocycles. The number of rotatable bonds is 5. The van der Waals surface area contributed by atoms with E-state index in [1.807, 2.05) is 19.3 Å². The van der Waals surface area contributed by atoms with Gasteiger partial charge in [-0.25, -0.2) is 0 Å². The highest BCUT2D eigenvalue weighted by Crippen LogP contribution is 2.31. The standard InChI is InChI=1S/C17H20N4O3/c1-19-10-2-4-15(19)16-5-3-11-20(16)12-17(22)18-13-6-8-14(9-7-13)21(23)24/h2,4,6-10,16H,3,5,11-12H2,1H3,(H,18,22)/t16-/m0/s1. The van der Waals surface area contributed by atoms with Gasteiger partial charge in [-0.3, -0.25) is 19.8 Å². The number of hydrogen-bond donors (Lipinski definition) is 1. The average molecular weight is 328 g/mol. The third kappa shape index (κ3) is 3.46. The molecule has 7 nitrogen and oxygen atoms in total. The Hall–Kier alpha value is -2.67. The second kappa shape index (κ2) is 6.84. The zero-order valence-electron chi connectivity index (χ0n) is 13.5. The van der Waals surface area contributed by atoms with Crippen LogP contribution in [0, 0.1) is 10.1 Å². The summed E-state index contributed by atoms with van der Waals surface area (Å²) in [6.07, 6.45) is 4.13. The zero-order chi connectivity index (χ0) is 17.1. The van der Waals surface area contributed by atoms with Gasteiger partial charge in [0.15, 0.2) is 0 Å². The lowest BCUT2D eigenvalue weighted by atomic mass is 10.1. The van der Waals surface area contributed by atoms with Crippen LogP contribution in [0.2, 0.25) is 0 Å². The fraction of sp³-hybridized carbons (Fsp3) is 0.353. The van der Waals surface area contributed by atoms with Crippen LogP contribution in [-0.4, -0.2) is 33.4 Å². The average Bonchev–Trinajstić information content (AvgIpc) is 3.16. The van der Waals surface area contributed by atoms with Crippen LogP contribution in [0.5, 0.6) is 0 Å². The molecule has 0 unspecified atom stereocenters. The number of benzene rings is 1. The third-order valence-electron chi connectivity index (χ3n) is 4.40. The van der Waals surface area contributed by atoms with Gasteiger partial charge in [0.25, 0.3) is 5.69 Å². The zero-order valence-corrected chi connectivity index (χ0v) is 13.5. The van der Waals surface area contributed by atoms with Crippen molar-refractivity contribution in [3.8, 4) is 0 Å². The number of aromatic nitrogens is 1. The molecule has 3 rings (SSSR count). The quantitative estimate of drug-likeness (QED) is 0.676. The molecule has 1 aromatic heterocycles. The molecular weight excluding hydrogens is 308 g/mol. The minimum Gasteiger partial charge on any atom is -0.353 e. The molecule has 0 radical (unpaired) electrons. The number of carbonyl (C=O) groups is 1. The van der Waals surface area contributed by atoms with E-state index in [2.05, 4.69) is 20.9 Å². The number of nitro groups is 1. The Labute approximate surface area is 140 Å². The summed E-state index contributed by atoms with van der Waals surface area (Å²) >= 11 is 0. The van der Waals surface area contributed by atoms with E-state index in [0.29, 0.717) is 12.2 Å². The topological polar surface area (TPSA) is 80.4 Å². The van der Waals surface area contributed by atoms with Gasteiger partial charge < -0.3 is 9.88 Å². The second-order valence-electron chi connectivity index (χ2n) is 6.02. The number of likely N-dealkylation sites (tertiary alicyclic amines) is 1.